The van der Waals surface area contributed by atoms with Crippen LogP contribution >= 0.6 is 15.9 Å². The lowest BCUT2D eigenvalue weighted by Crippen LogP contribution is -2.51. The van der Waals surface area contributed by atoms with Crippen LogP contribution in [0.1, 0.15) is 19.4 Å². The zero-order chi connectivity index (χ0) is 17.7. The largest absolute Gasteiger partial charge is 0.463 e. The number of carbonyl (C=O) groups excluding carboxylic acids is 2. The zero-order valence-corrected chi connectivity index (χ0v) is 15.6. The van der Waals surface area contributed by atoms with Crippen LogP contribution in [0.5, 0.6) is 0 Å². The van der Waals surface area contributed by atoms with Gasteiger partial charge in [-0.1, -0.05) is 28.1 Å². The maximum atomic E-state index is 12.2. The Labute approximate surface area is 150 Å². The van der Waals surface area contributed by atoms with Gasteiger partial charge in [0.05, 0.1) is 18.2 Å². The van der Waals surface area contributed by atoms with Crippen LogP contribution in [0.25, 0.3) is 0 Å². The predicted molar refractivity (Wildman–Crippen MR) is 95.3 cm³/mol. The van der Waals surface area contributed by atoms with E-state index in [9.17, 15) is 9.59 Å². The fourth-order valence-corrected chi connectivity index (χ4v) is 2.90. The first-order valence-electron chi connectivity index (χ1n) is 7.81. The molecule has 6 nitrogen and oxygen atoms in total. The number of benzene rings is 1. The summed E-state index contributed by atoms with van der Waals surface area (Å²) in [6, 6.07) is 7.36. The minimum atomic E-state index is -0.399. The number of nitrogens with zero attached hydrogens (tertiary/aromatic N) is 1. The fourth-order valence-electron chi connectivity index (χ4n) is 2.63. The van der Waals surface area contributed by atoms with Crippen molar-refractivity contribution in [3.8, 4) is 0 Å². The van der Waals surface area contributed by atoms with Crippen molar-refractivity contribution in [1.29, 1.82) is 0 Å². The van der Waals surface area contributed by atoms with Crippen LogP contribution in [0.4, 0.5) is 4.79 Å². The minimum Gasteiger partial charge on any atom is -0.463 e. The summed E-state index contributed by atoms with van der Waals surface area (Å²) < 4.78 is 6.15. The molecule has 1 aromatic rings. The molecular formula is C17H22BrN3O3. The average molecular weight is 396 g/mol. The first-order chi connectivity index (χ1) is 11.4. The number of hydrogen-bond acceptors (Lipinski definition) is 4. The lowest BCUT2D eigenvalue weighted by molar-refractivity contribution is -0.139. The van der Waals surface area contributed by atoms with Crippen LogP contribution in [-0.4, -0.2) is 43.1 Å². The van der Waals surface area contributed by atoms with E-state index in [0.717, 1.165) is 10.0 Å². The van der Waals surface area contributed by atoms with Crippen LogP contribution in [0, 0.1) is 0 Å². The second kappa shape index (κ2) is 8.30. The molecule has 1 atom stereocenters. The molecule has 0 aromatic heterocycles. The summed E-state index contributed by atoms with van der Waals surface area (Å²) in [6.45, 7) is 4.98. The Morgan fingerprint density at radius 3 is 2.58 bits per heavy atom. The number of likely N-dealkylation sites (N-methyl/N-ethyl adjacent to an activating group) is 1. The highest BCUT2D eigenvalue weighted by atomic mass is 79.9. The van der Waals surface area contributed by atoms with Crippen molar-refractivity contribution in [2.75, 3.05) is 20.2 Å². The summed E-state index contributed by atoms with van der Waals surface area (Å²) in [5, 5.41) is 5.44. The topological polar surface area (TPSA) is 70.7 Å². The molecule has 0 fully saturated rings. The van der Waals surface area contributed by atoms with Crippen LogP contribution in [0.15, 0.2) is 40.0 Å². The van der Waals surface area contributed by atoms with Gasteiger partial charge in [-0.3, -0.25) is 4.90 Å². The summed E-state index contributed by atoms with van der Waals surface area (Å²) in [5.74, 6) is -0.399. The maximum absolute atomic E-state index is 12.2. The van der Waals surface area contributed by atoms with Gasteiger partial charge in [0.1, 0.15) is 0 Å². The summed E-state index contributed by atoms with van der Waals surface area (Å²) in [6.07, 6.45) is 0. The molecule has 0 radical (unpaired) electrons. The Bertz CT molecular complexity index is 643. The smallest absolute Gasteiger partial charge is 0.337 e. The number of carbonyl (C=O) groups is 2. The van der Waals surface area contributed by atoms with Gasteiger partial charge < -0.3 is 15.4 Å². The van der Waals surface area contributed by atoms with Gasteiger partial charge in [-0.05, 0) is 38.6 Å². The third kappa shape index (κ3) is 4.82. The molecule has 0 spiro atoms. The highest BCUT2D eigenvalue weighted by molar-refractivity contribution is 9.10. The molecule has 2 amide bonds. The lowest BCUT2D eigenvalue weighted by atomic mass is 10.0. The van der Waals surface area contributed by atoms with Gasteiger partial charge in [-0.25, -0.2) is 9.59 Å². The van der Waals surface area contributed by atoms with E-state index in [2.05, 4.69) is 26.6 Å². The molecule has 0 saturated heterocycles. The molecule has 2 rings (SSSR count). The highest BCUT2D eigenvalue weighted by Gasteiger charge is 2.30. The molecule has 0 saturated carbocycles. The summed E-state index contributed by atoms with van der Waals surface area (Å²) in [7, 11) is 1.94. The van der Waals surface area contributed by atoms with Crippen molar-refractivity contribution in [2.45, 2.75) is 26.4 Å². The highest BCUT2D eigenvalue weighted by Crippen LogP contribution is 2.17. The Balaban J connectivity index is 2.15. The molecule has 1 aliphatic rings. The normalized spacial score (nSPS) is 17.5. The first kappa shape index (κ1) is 18.5. The number of halogens is 1. The summed E-state index contributed by atoms with van der Waals surface area (Å²) in [5.41, 5.74) is 2.20. The fraction of sp³-hybridized carbons (Fsp3) is 0.412. The number of ether oxygens (including phenoxy) is 1. The molecule has 7 heteroatoms. The maximum Gasteiger partial charge on any atom is 0.337 e. The van der Waals surface area contributed by atoms with Gasteiger partial charge in [0.25, 0.3) is 0 Å². The monoisotopic (exact) mass is 395 g/mol. The van der Waals surface area contributed by atoms with E-state index < -0.39 is 5.97 Å². The number of urea groups is 1. The second-order valence-electron chi connectivity index (χ2n) is 5.73. The van der Waals surface area contributed by atoms with Crippen molar-refractivity contribution in [3.05, 3.63) is 45.6 Å². The SMILES string of the molecule is CCOC(=O)C1=C(CN(C)Cc2ccc(Br)cc2)NC(=O)NC1C. The van der Waals surface area contributed by atoms with E-state index in [1.807, 2.05) is 36.2 Å². The minimum absolute atomic E-state index is 0.297. The van der Waals surface area contributed by atoms with Gasteiger partial charge in [-0.2, -0.15) is 0 Å². The van der Waals surface area contributed by atoms with Crippen molar-refractivity contribution < 1.29 is 14.3 Å². The van der Waals surface area contributed by atoms with Gasteiger partial charge >= 0.3 is 12.0 Å². The molecule has 130 valence electrons. The molecule has 0 aliphatic carbocycles. The molecule has 24 heavy (non-hydrogen) atoms. The Morgan fingerprint density at radius 2 is 1.96 bits per heavy atom. The molecule has 0 bridgehead atoms. The Kier molecular flexibility index (Phi) is 6.39. The number of amides is 2. The molecule has 1 aromatic carbocycles. The quantitative estimate of drug-likeness (QED) is 0.725. The molecular weight excluding hydrogens is 374 g/mol. The van der Waals surface area contributed by atoms with E-state index in [1.165, 1.54) is 0 Å². The van der Waals surface area contributed by atoms with Crippen molar-refractivity contribution in [3.63, 3.8) is 0 Å². The van der Waals surface area contributed by atoms with Crippen LogP contribution in [0.3, 0.4) is 0 Å². The van der Waals surface area contributed by atoms with Gasteiger partial charge in [-0.15, -0.1) is 0 Å². The second-order valence-corrected chi connectivity index (χ2v) is 6.65. The van der Waals surface area contributed by atoms with Crippen LogP contribution < -0.4 is 10.6 Å². The summed E-state index contributed by atoms with van der Waals surface area (Å²) in [4.78, 5) is 26.0. The number of rotatable bonds is 6. The predicted octanol–water partition coefficient (Wildman–Crippen LogP) is 2.40. The molecule has 1 heterocycles. The third-order valence-electron chi connectivity index (χ3n) is 3.66. The number of nitrogens with one attached hydrogen (secondary N) is 2. The lowest BCUT2D eigenvalue weighted by Gasteiger charge is -2.29. The Hall–Kier alpha value is -1.86. The molecule has 1 aliphatic heterocycles. The number of esters is 1. The van der Waals surface area contributed by atoms with E-state index in [1.54, 1.807) is 13.8 Å². The zero-order valence-electron chi connectivity index (χ0n) is 14.1. The Morgan fingerprint density at radius 1 is 1.29 bits per heavy atom. The van der Waals surface area contributed by atoms with E-state index >= 15 is 0 Å². The van der Waals surface area contributed by atoms with Crippen molar-refractivity contribution in [1.82, 2.24) is 15.5 Å². The third-order valence-corrected chi connectivity index (χ3v) is 4.19. The first-order valence-corrected chi connectivity index (χ1v) is 8.60. The van der Waals surface area contributed by atoms with E-state index in [-0.39, 0.29) is 12.1 Å². The van der Waals surface area contributed by atoms with Crippen molar-refractivity contribution >= 4 is 27.9 Å². The van der Waals surface area contributed by atoms with Crippen molar-refractivity contribution in [2.24, 2.45) is 0 Å². The molecule has 1 unspecified atom stereocenters. The average Bonchev–Trinajstić information content (AvgIpc) is 2.49. The van der Waals surface area contributed by atoms with E-state index in [4.69, 9.17) is 4.74 Å². The van der Waals surface area contributed by atoms with Crippen LogP contribution in [-0.2, 0) is 16.1 Å². The number of hydrogen-bond donors (Lipinski definition) is 2. The van der Waals surface area contributed by atoms with E-state index in [0.29, 0.717) is 31.0 Å². The molecule has 2 N–H and O–H groups in total. The standard InChI is InChI=1S/C17H22BrN3O3/c1-4-24-16(22)15-11(2)19-17(23)20-14(15)10-21(3)9-12-5-7-13(18)8-6-12/h5-8,11H,4,9-10H2,1-3H3,(H2,19,20,23). The van der Waals surface area contributed by atoms with Gasteiger partial charge in [0.15, 0.2) is 0 Å². The van der Waals surface area contributed by atoms with Gasteiger partial charge in [0, 0.05) is 23.3 Å². The van der Waals surface area contributed by atoms with Crippen LogP contribution in [0.2, 0.25) is 0 Å². The van der Waals surface area contributed by atoms with Gasteiger partial charge in [0.2, 0.25) is 0 Å². The summed E-state index contributed by atoms with van der Waals surface area (Å²) >= 11 is 3.42.